The summed E-state index contributed by atoms with van der Waals surface area (Å²) in [5, 5.41) is 10.8. The third-order valence-corrected chi connectivity index (χ3v) is 3.04. The first-order valence-electron chi connectivity index (χ1n) is 5.14. The molecule has 0 unspecified atom stereocenters. The summed E-state index contributed by atoms with van der Waals surface area (Å²) in [5.41, 5.74) is -0.748. The Morgan fingerprint density at radius 1 is 0.900 bits per heavy atom. The maximum absolute atomic E-state index is 13.5. The number of pyridine rings is 1. The molecule has 0 aliphatic rings. The van der Waals surface area contributed by atoms with Gasteiger partial charge in [0.15, 0.2) is 35.7 Å². The molecule has 0 fully saturated rings. The van der Waals surface area contributed by atoms with Gasteiger partial charge in [-0.15, -0.1) is 0 Å². The molecule has 2 nitrogen and oxygen atoms in total. The van der Waals surface area contributed by atoms with E-state index in [-0.39, 0.29) is 5.56 Å². The summed E-state index contributed by atoms with van der Waals surface area (Å²) in [6, 6.07) is 2.59. The van der Waals surface area contributed by atoms with Crippen molar-refractivity contribution in [3.05, 3.63) is 68.6 Å². The Balaban J connectivity index is 2.53. The molecule has 0 amide bonds. The van der Waals surface area contributed by atoms with E-state index in [1.807, 2.05) is 5.92 Å². The number of aromatic nitrogens is 1. The predicted octanol–water partition coefficient (Wildman–Crippen LogP) is 3.04. The normalized spacial score (nSPS) is 10.1. The monoisotopic (exact) mass is 345 g/mol. The number of benzene rings is 1. The quantitative estimate of drug-likeness (QED) is 0.180. The minimum atomic E-state index is -1.59. The lowest BCUT2D eigenvalue weighted by molar-refractivity contribution is -0.605. The van der Waals surface area contributed by atoms with E-state index in [0.717, 1.165) is 12.4 Å². The molecule has 2 aromatic rings. The highest BCUT2D eigenvalue weighted by molar-refractivity contribution is 9.10. The van der Waals surface area contributed by atoms with Gasteiger partial charge < -0.3 is 5.21 Å². The van der Waals surface area contributed by atoms with Crippen LogP contribution in [0.1, 0.15) is 11.1 Å². The molecule has 0 aliphatic heterocycles. The summed E-state index contributed by atoms with van der Waals surface area (Å²) in [5.74, 6) is -1.96. The smallest absolute Gasteiger partial charge is 0.181 e. The third kappa shape index (κ3) is 2.60. The van der Waals surface area contributed by atoms with Crippen LogP contribution >= 0.6 is 15.9 Å². The zero-order valence-electron chi connectivity index (χ0n) is 9.55. The molecule has 102 valence electrons. The Morgan fingerprint density at radius 2 is 1.40 bits per heavy atom. The van der Waals surface area contributed by atoms with Crippen LogP contribution in [0.4, 0.5) is 17.6 Å². The van der Waals surface area contributed by atoms with E-state index in [1.54, 1.807) is 0 Å². The van der Waals surface area contributed by atoms with Gasteiger partial charge in [0, 0.05) is 17.7 Å². The Kier molecular flexibility index (Phi) is 3.95. The number of hydrogen-bond acceptors (Lipinski definition) is 1. The fourth-order valence-corrected chi connectivity index (χ4v) is 1.69. The van der Waals surface area contributed by atoms with Crippen molar-refractivity contribution in [1.82, 2.24) is 0 Å². The molecule has 0 radical (unpaired) electrons. The molecule has 0 N–H and O–H groups in total. The van der Waals surface area contributed by atoms with Crippen molar-refractivity contribution in [2.75, 3.05) is 0 Å². The van der Waals surface area contributed by atoms with Gasteiger partial charge in [0.05, 0.1) is 4.47 Å². The number of nitrogens with zero attached hydrogens (tertiary/aromatic N) is 1. The lowest BCUT2D eigenvalue weighted by Crippen LogP contribution is -2.23. The van der Waals surface area contributed by atoms with Crippen molar-refractivity contribution in [2.45, 2.75) is 0 Å². The van der Waals surface area contributed by atoms with Crippen molar-refractivity contribution in [1.29, 1.82) is 0 Å². The first-order valence-corrected chi connectivity index (χ1v) is 5.93. The second-order valence-electron chi connectivity index (χ2n) is 3.64. The standard InChI is InChI=1S/C13H4BrF4NO/c14-9-12(17)10(15)8(11(16)13(9)18)2-1-7-3-5-19(20)6-4-7/h3-6H. The summed E-state index contributed by atoms with van der Waals surface area (Å²) in [7, 11) is 0. The van der Waals surface area contributed by atoms with E-state index in [1.165, 1.54) is 12.1 Å². The maximum atomic E-state index is 13.5. The van der Waals surface area contributed by atoms with E-state index in [9.17, 15) is 22.8 Å². The molecule has 1 aromatic carbocycles. The van der Waals surface area contributed by atoms with Gasteiger partial charge in [0.1, 0.15) is 5.56 Å². The molecule has 20 heavy (non-hydrogen) atoms. The van der Waals surface area contributed by atoms with Crippen LogP contribution in [-0.4, -0.2) is 0 Å². The van der Waals surface area contributed by atoms with Gasteiger partial charge in [-0.2, -0.15) is 4.73 Å². The largest absolute Gasteiger partial charge is 0.619 e. The molecule has 0 bridgehead atoms. The van der Waals surface area contributed by atoms with Crippen LogP contribution in [0, 0.1) is 40.3 Å². The van der Waals surface area contributed by atoms with Gasteiger partial charge in [-0.1, -0.05) is 11.8 Å². The van der Waals surface area contributed by atoms with Crippen molar-refractivity contribution < 1.29 is 22.3 Å². The summed E-state index contributed by atoms with van der Waals surface area (Å²) in [6.07, 6.45) is 2.25. The number of rotatable bonds is 0. The number of halogens is 5. The zero-order chi connectivity index (χ0) is 14.9. The molecule has 2 rings (SSSR count). The van der Waals surface area contributed by atoms with Crippen molar-refractivity contribution in [2.24, 2.45) is 0 Å². The topological polar surface area (TPSA) is 26.9 Å². The first-order chi connectivity index (χ1) is 9.41. The molecule has 0 aliphatic carbocycles. The highest BCUT2D eigenvalue weighted by Gasteiger charge is 2.22. The predicted molar refractivity (Wildman–Crippen MR) is 65.4 cm³/mol. The Bertz CT molecular complexity index is 706. The third-order valence-electron chi connectivity index (χ3n) is 2.34. The van der Waals surface area contributed by atoms with Crippen LogP contribution in [0.5, 0.6) is 0 Å². The second kappa shape index (κ2) is 5.51. The Hall–Kier alpha value is -2.07. The van der Waals surface area contributed by atoms with Crippen molar-refractivity contribution in [3.8, 4) is 11.8 Å². The minimum Gasteiger partial charge on any atom is -0.619 e. The molecule has 0 atom stereocenters. The summed E-state index contributed by atoms with van der Waals surface area (Å²) in [6.45, 7) is 0. The summed E-state index contributed by atoms with van der Waals surface area (Å²) >= 11 is 2.40. The first kappa shape index (κ1) is 14.3. The lowest BCUT2D eigenvalue weighted by atomic mass is 10.1. The molecule has 0 spiro atoms. The fraction of sp³-hybridized carbons (Fsp3) is 0. The van der Waals surface area contributed by atoms with Crippen LogP contribution in [0.15, 0.2) is 29.0 Å². The Labute approximate surface area is 119 Å². The van der Waals surface area contributed by atoms with Gasteiger partial charge in [-0.05, 0) is 15.9 Å². The zero-order valence-corrected chi connectivity index (χ0v) is 11.1. The van der Waals surface area contributed by atoms with Crippen LogP contribution in [0.3, 0.4) is 0 Å². The lowest BCUT2D eigenvalue weighted by Gasteiger charge is -2.03. The van der Waals surface area contributed by atoms with Crippen LogP contribution in [0.25, 0.3) is 0 Å². The minimum absolute atomic E-state index is 0.264. The molecule has 1 aromatic heterocycles. The molecule has 0 saturated carbocycles. The molecular formula is C13H4BrF4NO. The van der Waals surface area contributed by atoms with Gasteiger partial charge in [0.2, 0.25) is 0 Å². The summed E-state index contributed by atoms with van der Waals surface area (Å²) in [4.78, 5) is 0. The highest BCUT2D eigenvalue weighted by Crippen LogP contribution is 2.27. The number of hydrogen-bond donors (Lipinski definition) is 0. The summed E-state index contributed by atoms with van der Waals surface area (Å²) < 4.78 is 53.1. The van der Waals surface area contributed by atoms with Crippen LogP contribution in [-0.2, 0) is 0 Å². The van der Waals surface area contributed by atoms with Crippen molar-refractivity contribution >= 4 is 15.9 Å². The van der Waals surface area contributed by atoms with Gasteiger partial charge in [-0.3, -0.25) is 0 Å². The van der Waals surface area contributed by atoms with E-state index >= 15 is 0 Å². The van der Waals surface area contributed by atoms with Crippen molar-refractivity contribution in [3.63, 3.8) is 0 Å². The SMILES string of the molecule is [O-][n+]1ccc(C#Cc2c(F)c(F)c(Br)c(F)c2F)cc1. The Morgan fingerprint density at radius 3 is 1.90 bits per heavy atom. The molecule has 0 saturated heterocycles. The van der Waals surface area contributed by atoms with E-state index in [4.69, 9.17) is 0 Å². The van der Waals surface area contributed by atoms with E-state index in [2.05, 4.69) is 21.9 Å². The van der Waals surface area contributed by atoms with Gasteiger partial charge >= 0.3 is 0 Å². The van der Waals surface area contributed by atoms with E-state index < -0.39 is 33.3 Å². The van der Waals surface area contributed by atoms with Gasteiger partial charge in [0.25, 0.3) is 0 Å². The van der Waals surface area contributed by atoms with E-state index in [0.29, 0.717) is 4.73 Å². The van der Waals surface area contributed by atoms with Crippen LogP contribution in [0.2, 0.25) is 0 Å². The average Bonchev–Trinajstić information content (AvgIpc) is 2.45. The fourth-order valence-electron chi connectivity index (χ4n) is 1.35. The second-order valence-corrected chi connectivity index (χ2v) is 4.43. The molecule has 1 heterocycles. The average molecular weight is 346 g/mol. The highest BCUT2D eigenvalue weighted by atomic mass is 79.9. The molecule has 7 heteroatoms. The molecular weight excluding hydrogens is 342 g/mol. The maximum Gasteiger partial charge on any atom is 0.181 e. The van der Waals surface area contributed by atoms with Gasteiger partial charge in [-0.25, -0.2) is 17.6 Å². The van der Waals surface area contributed by atoms with Crippen LogP contribution < -0.4 is 4.73 Å².